The van der Waals surface area contributed by atoms with Crippen molar-refractivity contribution in [1.29, 1.82) is 0 Å². The monoisotopic (exact) mass is 308 g/mol. The van der Waals surface area contributed by atoms with E-state index in [1.807, 2.05) is 7.05 Å². The van der Waals surface area contributed by atoms with Crippen LogP contribution in [0, 0.1) is 0 Å². The molecule has 1 heterocycles. The van der Waals surface area contributed by atoms with Gasteiger partial charge in [0.05, 0.1) is 24.8 Å². The molecule has 1 aromatic rings. The first-order valence-corrected chi connectivity index (χ1v) is 6.89. The van der Waals surface area contributed by atoms with Crippen molar-refractivity contribution < 1.29 is 24.2 Å². The van der Waals surface area contributed by atoms with Crippen molar-refractivity contribution in [3.8, 4) is 5.75 Å². The zero-order valence-electron chi connectivity index (χ0n) is 12.8. The van der Waals surface area contributed by atoms with E-state index in [1.165, 1.54) is 25.3 Å². The number of hydrogen-bond donors (Lipinski definition) is 2. The van der Waals surface area contributed by atoms with E-state index in [0.717, 1.165) is 6.54 Å². The van der Waals surface area contributed by atoms with Crippen LogP contribution < -0.4 is 5.32 Å². The molecule has 0 aliphatic carbocycles. The fourth-order valence-corrected chi connectivity index (χ4v) is 2.57. The van der Waals surface area contributed by atoms with Crippen LogP contribution in [-0.2, 0) is 9.47 Å². The molecular formula is C15H20N2O5. The number of aromatic hydroxyl groups is 1. The van der Waals surface area contributed by atoms with E-state index < -0.39 is 5.97 Å². The largest absolute Gasteiger partial charge is 0.508 e. The van der Waals surface area contributed by atoms with Crippen molar-refractivity contribution in [3.63, 3.8) is 0 Å². The summed E-state index contributed by atoms with van der Waals surface area (Å²) < 4.78 is 9.95. The third kappa shape index (κ3) is 3.55. The molecule has 2 N–H and O–H groups in total. The molecule has 22 heavy (non-hydrogen) atoms. The van der Waals surface area contributed by atoms with Gasteiger partial charge in [-0.25, -0.2) is 4.79 Å². The van der Waals surface area contributed by atoms with Gasteiger partial charge in [0.1, 0.15) is 5.75 Å². The van der Waals surface area contributed by atoms with Gasteiger partial charge < -0.3 is 24.8 Å². The smallest absolute Gasteiger partial charge is 0.338 e. The molecule has 0 aromatic heterocycles. The number of esters is 1. The van der Waals surface area contributed by atoms with Crippen LogP contribution in [0.4, 0.5) is 0 Å². The van der Waals surface area contributed by atoms with Crippen molar-refractivity contribution in [2.45, 2.75) is 12.1 Å². The number of hydrogen-bond acceptors (Lipinski definition) is 6. The summed E-state index contributed by atoms with van der Waals surface area (Å²) in [6.45, 7) is 1.40. The summed E-state index contributed by atoms with van der Waals surface area (Å²) in [5.74, 6) is -1.15. The molecule has 1 aromatic carbocycles. The van der Waals surface area contributed by atoms with E-state index >= 15 is 0 Å². The average Bonchev–Trinajstić information content (AvgIpc) is 2.85. The Bertz CT molecular complexity index is 575. The Morgan fingerprint density at radius 3 is 2.55 bits per heavy atom. The lowest BCUT2D eigenvalue weighted by Gasteiger charge is -2.18. The Kier molecular flexibility index (Phi) is 4.99. The van der Waals surface area contributed by atoms with Gasteiger partial charge in [0, 0.05) is 25.8 Å². The SMILES string of the molecule is COC(=O)c1cc(O)cc(C(=O)NC2CN(C)CC2OC)c1. The highest BCUT2D eigenvalue weighted by Crippen LogP contribution is 2.18. The Labute approximate surface area is 128 Å². The minimum atomic E-state index is -0.611. The highest BCUT2D eigenvalue weighted by atomic mass is 16.5. The van der Waals surface area contributed by atoms with Crippen molar-refractivity contribution >= 4 is 11.9 Å². The second-order valence-electron chi connectivity index (χ2n) is 5.34. The molecule has 2 rings (SSSR count). The lowest BCUT2D eigenvalue weighted by atomic mass is 10.1. The number of amides is 1. The summed E-state index contributed by atoms with van der Waals surface area (Å²) in [5.41, 5.74) is 0.323. The number of likely N-dealkylation sites (tertiary alicyclic amines) is 1. The first kappa shape index (κ1) is 16.3. The average molecular weight is 308 g/mol. The van der Waals surface area contributed by atoms with Crippen LogP contribution in [0.5, 0.6) is 5.75 Å². The quantitative estimate of drug-likeness (QED) is 0.775. The van der Waals surface area contributed by atoms with E-state index in [0.29, 0.717) is 6.54 Å². The summed E-state index contributed by atoms with van der Waals surface area (Å²) in [7, 11) is 4.79. The van der Waals surface area contributed by atoms with Crippen molar-refractivity contribution in [2.75, 3.05) is 34.4 Å². The first-order chi connectivity index (χ1) is 10.4. The number of likely N-dealkylation sites (N-methyl/N-ethyl adjacent to an activating group) is 1. The number of methoxy groups -OCH3 is 2. The van der Waals surface area contributed by atoms with E-state index in [1.54, 1.807) is 7.11 Å². The summed E-state index contributed by atoms with van der Waals surface area (Å²) in [5, 5.41) is 12.5. The van der Waals surface area contributed by atoms with Gasteiger partial charge in [-0.1, -0.05) is 0 Å². The summed E-state index contributed by atoms with van der Waals surface area (Å²) in [6.07, 6.45) is -0.0914. The molecule has 2 unspecified atom stereocenters. The highest BCUT2D eigenvalue weighted by Gasteiger charge is 2.32. The second-order valence-corrected chi connectivity index (χ2v) is 5.34. The standard InChI is InChI=1S/C15H20N2O5/c1-17-7-12(13(8-17)21-2)16-14(19)9-4-10(15(20)22-3)6-11(18)5-9/h4-6,12-13,18H,7-8H2,1-3H3,(H,16,19). The molecule has 1 fully saturated rings. The maximum absolute atomic E-state index is 12.3. The number of carbonyl (C=O) groups is 2. The van der Waals surface area contributed by atoms with Crippen LogP contribution in [-0.4, -0.2) is 68.4 Å². The van der Waals surface area contributed by atoms with Crippen LogP contribution in [0.15, 0.2) is 18.2 Å². The van der Waals surface area contributed by atoms with Gasteiger partial charge in [0.2, 0.25) is 0 Å². The van der Waals surface area contributed by atoms with Crippen LogP contribution in [0.3, 0.4) is 0 Å². The molecule has 2 atom stereocenters. The topological polar surface area (TPSA) is 88.1 Å². The second kappa shape index (κ2) is 6.76. The maximum Gasteiger partial charge on any atom is 0.338 e. The number of phenolic OH excluding ortho intramolecular Hbond substituents is 1. The molecule has 1 aliphatic heterocycles. The van der Waals surface area contributed by atoms with Crippen molar-refractivity contribution in [1.82, 2.24) is 10.2 Å². The number of phenols is 1. The van der Waals surface area contributed by atoms with E-state index in [4.69, 9.17) is 4.74 Å². The molecular weight excluding hydrogens is 288 g/mol. The zero-order chi connectivity index (χ0) is 16.3. The first-order valence-electron chi connectivity index (χ1n) is 6.89. The Morgan fingerprint density at radius 1 is 1.23 bits per heavy atom. The fraction of sp³-hybridized carbons (Fsp3) is 0.467. The predicted octanol–water partition coefficient (Wildman–Crippen LogP) is 0.238. The van der Waals surface area contributed by atoms with Crippen LogP contribution in [0.1, 0.15) is 20.7 Å². The molecule has 7 heteroatoms. The number of nitrogens with one attached hydrogen (secondary N) is 1. The predicted molar refractivity (Wildman–Crippen MR) is 79.0 cm³/mol. The Balaban J connectivity index is 2.16. The summed E-state index contributed by atoms with van der Waals surface area (Å²) in [4.78, 5) is 25.9. The van der Waals surface area contributed by atoms with Crippen LogP contribution in [0.2, 0.25) is 0 Å². The summed E-state index contributed by atoms with van der Waals surface area (Å²) in [6, 6.07) is 3.81. The van der Waals surface area contributed by atoms with Gasteiger partial charge in [-0.05, 0) is 25.2 Å². The fourth-order valence-electron chi connectivity index (χ4n) is 2.57. The van der Waals surface area contributed by atoms with Gasteiger partial charge in [-0.15, -0.1) is 0 Å². The van der Waals surface area contributed by atoms with Gasteiger partial charge >= 0.3 is 5.97 Å². The molecule has 7 nitrogen and oxygen atoms in total. The third-order valence-corrected chi connectivity index (χ3v) is 3.67. The third-order valence-electron chi connectivity index (χ3n) is 3.67. The Morgan fingerprint density at radius 2 is 1.91 bits per heavy atom. The van der Waals surface area contributed by atoms with Gasteiger partial charge in [0.25, 0.3) is 5.91 Å². The zero-order valence-corrected chi connectivity index (χ0v) is 12.8. The molecule has 0 saturated carbocycles. The molecule has 1 aliphatic rings. The number of nitrogens with zero attached hydrogens (tertiary/aromatic N) is 1. The van der Waals surface area contributed by atoms with Gasteiger partial charge in [-0.2, -0.15) is 0 Å². The molecule has 1 amide bonds. The molecule has 120 valence electrons. The highest BCUT2D eigenvalue weighted by molar-refractivity contribution is 5.98. The normalized spacial score (nSPS) is 21.6. The summed E-state index contributed by atoms with van der Waals surface area (Å²) >= 11 is 0. The minimum Gasteiger partial charge on any atom is -0.508 e. The van der Waals surface area contributed by atoms with Crippen LogP contribution in [0.25, 0.3) is 0 Å². The number of ether oxygens (including phenoxy) is 2. The van der Waals surface area contributed by atoms with Gasteiger partial charge in [-0.3, -0.25) is 4.79 Å². The lowest BCUT2D eigenvalue weighted by molar-refractivity contribution is 0.0600. The maximum atomic E-state index is 12.3. The van der Waals surface area contributed by atoms with Crippen LogP contribution >= 0.6 is 0 Å². The molecule has 0 radical (unpaired) electrons. The number of benzene rings is 1. The number of carbonyl (C=O) groups excluding carboxylic acids is 2. The Hall–Kier alpha value is -2.12. The molecule has 0 spiro atoms. The lowest BCUT2D eigenvalue weighted by Crippen LogP contribution is -2.43. The van der Waals surface area contributed by atoms with Crippen molar-refractivity contribution in [3.05, 3.63) is 29.3 Å². The van der Waals surface area contributed by atoms with E-state index in [-0.39, 0.29) is 34.9 Å². The minimum absolute atomic E-state index is 0.0914. The molecule has 1 saturated heterocycles. The van der Waals surface area contributed by atoms with Gasteiger partial charge in [0.15, 0.2) is 0 Å². The van der Waals surface area contributed by atoms with E-state index in [9.17, 15) is 14.7 Å². The van der Waals surface area contributed by atoms with Crippen molar-refractivity contribution in [2.24, 2.45) is 0 Å². The number of rotatable bonds is 4. The van der Waals surface area contributed by atoms with E-state index in [2.05, 4.69) is 15.0 Å². The molecule has 0 bridgehead atoms.